The Kier molecular flexibility index (Phi) is 5.15. The molecule has 3 heterocycles. The second-order valence-corrected chi connectivity index (χ2v) is 7.85. The zero-order valence-electron chi connectivity index (χ0n) is 15.1. The average Bonchev–Trinajstić information content (AvgIpc) is 3.32. The number of hydrogen-bond acceptors (Lipinski definition) is 4. The summed E-state index contributed by atoms with van der Waals surface area (Å²) in [6.45, 7) is 0.131. The van der Waals surface area contributed by atoms with Gasteiger partial charge in [0, 0.05) is 35.6 Å². The average molecular weight is 420 g/mol. The van der Waals surface area contributed by atoms with Gasteiger partial charge in [0.25, 0.3) is 0 Å². The van der Waals surface area contributed by atoms with E-state index in [2.05, 4.69) is 16.5 Å². The lowest BCUT2D eigenvalue weighted by Crippen LogP contribution is -2.27. The molecule has 1 aliphatic heterocycles. The van der Waals surface area contributed by atoms with Crippen molar-refractivity contribution in [1.29, 1.82) is 5.26 Å². The normalized spacial score (nSPS) is 16.4. The molecule has 0 fully saturated rings. The highest BCUT2D eigenvalue weighted by molar-refractivity contribution is 7.12. The van der Waals surface area contributed by atoms with Gasteiger partial charge in [-0.1, -0.05) is 24.3 Å². The Morgan fingerprint density at radius 1 is 1.24 bits per heavy atom. The number of fused-ring (bicyclic) bond motifs is 1. The number of nitriles is 1. The Morgan fingerprint density at radius 3 is 2.76 bits per heavy atom. The van der Waals surface area contributed by atoms with Crippen molar-refractivity contribution in [1.82, 2.24) is 15.1 Å². The predicted molar refractivity (Wildman–Crippen MR) is 101 cm³/mol. The maximum Gasteiger partial charge on any atom is 0.435 e. The molecule has 0 aliphatic carbocycles. The topological polar surface area (TPSA) is 53.6 Å². The number of alkyl halides is 4. The van der Waals surface area contributed by atoms with Crippen LogP contribution in [0.25, 0.3) is 11.1 Å². The van der Waals surface area contributed by atoms with E-state index in [1.165, 1.54) is 17.5 Å². The van der Waals surface area contributed by atoms with Crippen molar-refractivity contribution in [2.75, 3.05) is 13.2 Å². The summed E-state index contributed by atoms with van der Waals surface area (Å²) in [6.07, 6.45) is -3.40. The van der Waals surface area contributed by atoms with Crippen LogP contribution in [0.2, 0.25) is 0 Å². The first-order valence-electron chi connectivity index (χ1n) is 8.95. The van der Waals surface area contributed by atoms with Crippen molar-refractivity contribution in [3.63, 3.8) is 0 Å². The van der Waals surface area contributed by atoms with Gasteiger partial charge in [-0.3, -0.25) is 4.68 Å². The van der Waals surface area contributed by atoms with E-state index in [0.717, 1.165) is 15.1 Å². The van der Waals surface area contributed by atoms with Crippen LogP contribution in [-0.4, -0.2) is 23.0 Å². The number of benzene rings is 1. The number of rotatable bonds is 4. The van der Waals surface area contributed by atoms with Gasteiger partial charge in [-0.05, 0) is 22.8 Å². The smallest absolute Gasteiger partial charge is 0.311 e. The van der Waals surface area contributed by atoms with Crippen molar-refractivity contribution in [3.05, 3.63) is 63.1 Å². The number of thiophene rings is 1. The minimum atomic E-state index is -4.66. The third-order valence-electron chi connectivity index (χ3n) is 4.93. The molecule has 1 aromatic carbocycles. The summed E-state index contributed by atoms with van der Waals surface area (Å²) in [5.74, 6) is -0.195. The third-order valence-corrected chi connectivity index (χ3v) is 5.99. The Labute approximate surface area is 168 Å². The van der Waals surface area contributed by atoms with Crippen LogP contribution >= 0.6 is 11.3 Å². The maximum absolute atomic E-state index is 13.6. The Morgan fingerprint density at radius 2 is 2.03 bits per heavy atom. The fourth-order valence-corrected chi connectivity index (χ4v) is 4.71. The molecule has 150 valence electrons. The fourth-order valence-electron chi connectivity index (χ4n) is 3.72. The van der Waals surface area contributed by atoms with Gasteiger partial charge in [0.1, 0.15) is 17.6 Å². The molecule has 3 aromatic rings. The Bertz CT molecular complexity index is 1080. The van der Waals surface area contributed by atoms with E-state index >= 15 is 0 Å². The summed E-state index contributed by atoms with van der Waals surface area (Å²) < 4.78 is 54.6. The molecular weight excluding hydrogens is 404 g/mol. The van der Waals surface area contributed by atoms with Crippen LogP contribution < -0.4 is 5.32 Å². The summed E-state index contributed by atoms with van der Waals surface area (Å²) in [4.78, 5) is 1.59. The van der Waals surface area contributed by atoms with Crippen molar-refractivity contribution in [2.24, 2.45) is 0 Å². The van der Waals surface area contributed by atoms with Crippen LogP contribution in [0.4, 0.5) is 17.6 Å². The van der Waals surface area contributed by atoms with Crippen molar-refractivity contribution >= 4 is 11.3 Å². The summed E-state index contributed by atoms with van der Waals surface area (Å²) in [5.41, 5.74) is 1.00. The van der Waals surface area contributed by atoms with Gasteiger partial charge in [0.2, 0.25) is 0 Å². The number of nitrogens with zero attached hydrogens (tertiary/aromatic N) is 3. The highest BCUT2D eigenvalue weighted by atomic mass is 32.1. The zero-order valence-corrected chi connectivity index (χ0v) is 15.9. The van der Waals surface area contributed by atoms with Crippen LogP contribution in [0.1, 0.15) is 32.5 Å². The minimum Gasteiger partial charge on any atom is -0.311 e. The van der Waals surface area contributed by atoms with Gasteiger partial charge in [-0.2, -0.15) is 23.5 Å². The largest absolute Gasteiger partial charge is 0.435 e. The molecule has 1 N–H and O–H groups in total. The van der Waals surface area contributed by atoms with Gasteiger partial charge < -0.3 is 5.32 Å². The van der Waals surface area contributed by atoms with Crippen LogP contribution in [-0.2, 0) is 19.3 Å². The van der Waals surface area contributed by atoms with Crippen LogP contribution in [0.15, 0.2) is 36.5 Å². The molecule has 1 aliphatic rings. The van der Waals surface area contributed by atoms with Crippen molar-refractivity contribution in [3.8, 4) is 17.2 Å². The summed E-state index contributed by atoms with van der Waals surface area (Å²) in [6, 6.07) is 10.9. The number of hydrogen-bond donors (Lipinski definition) is 1. The number of aryl methyl sites for hydroxylation is 1. The molecule has 4 nitrogen and oxygen atoms in total. The fraction of sp³-hybridized carbons (Fsp3) is 0.300. The lowest BCUT2D eigenvalue weighted by molar-refractivity contribution is -0.141. The second-order valence-electron chi connectivity index (χ2n) is 6.71. The summed E-state index contributed by atoms with van der Waals surface area (Å²) >= 11 is 1.39. The van der Waals surface area contributed by atoms with E-state index < -0.39 is 18.5 Å². The minimum absolute atomic E-state index is 0.0654. The van der Waals surface area contributed by atoms with Crippen LogP contribution in [0, 0.1) is 11.3 Å². The third kappa shape index (κ3) is 3.66. The van der Waals surface area contributed by atoms with Crippen LogP contribution in [0.3, 0.4) is 0 Å². The molecule has 0 spiro atoms. The summed E-state index contributed by atoms with van der Waals surface area (Å²) in [5, 5.41) is 16.1. The standard InChI is InChI=1S/C20H16F4N4S/c21-5-6-28-11-17(19(27-28)20(22,23)24)14-4-2-1-3-13(14)16-9-26-10-18-15(16)7-12(8-25)29-18/h1-4,7,11,16,26H,5-6,9-10H2/t16-/m0/s1. The quantitative estimate of drug-likeness (QED) is 0.622. The molecule has 0 unspecified atom stereocenters. The van der Waals surface area contributed by atoms with Gasteiger partial charge in [0.05, 0.1) is 6.54 Å². The van der Waals surface area contributed by atoms with Gasteiger partial charge in [-0.25, -0.2) is 4.39 Å². The van der Waals surface area contributed by atoms with Crippen molar-refractivity contribution < 1.29 is 17.6 Å². The van der Waals surface area contributed by atoms with Gasteiger partial charge in [-0.15, -0.1) is 11.3 Å². The summed E-state index contributed by atoms with van der Waals surface area (Å²) in [7, 11) is 0. The van der Waals surface area contributed by atoms with Gasteiger partial charge in [0.15, 0.2) is 5.69 Å². The lowest BCUT2D eigenvalue weighted by Gasteiger charge is -2.26. The molecule has 29 heavy (non-hydrogen) atoms. The van der Waals surface area contributed by atoms with Crippen molar-refractivity contribution in [2.45, 2.75) is 25.2 Å². The van der Waals surface area contributed by atoms with E-state index in [4.69, 9.17) is 0 Å². The SMILES string of the molecule is N#Cc1cc2c(s1)CNC[C@H]2c1ccccc1-c1cn(CCF)nc1C(F)(F)F. The Balaban J connectivity index is 1.87. The molecule has 0 radical (unpaired) electrons. The Hall–Kier alpha value is -2.70. The molecule has 0 saturated carbocycles. The van der Waals surface area contributed by atoms with E-state index in [1.54, 1.807) is 24.3 Å². The zero-order chi connectivity index (χ0) is 20.6. The maximum atomic E-state index is 13.6. The predicted octanol–water partition coefficient (Wildman–Crippen LogP) is 4.71. The number of nitrogens with one attached hydrogen (secondary N) is 1. The molecule has 9 heteroatoms. The molecule has 0 amide bonds. The lowest BCUT2D eigenvalue weighted by atomic mass is 9.84. The van der Waals surface area contributed by atoms with E-state index in [9.17, 15) is 22.8 Å². The molecule has 0 saturated heterocycles. The van der Waals surface area contributed by atoms with E-state index in [1.807, 2.05) is 6.07 Å². The second kappa shape index (κ2) is 7.61. The molecule has 4 rings (SSSR count). The molecule has 0 bridgehead atoms. The monoisotopic (exact) mass is 420 g/mol. The molecule has 2 aromatic heterocycles. The van der Waals surface area contributed by atoms with Gasteiger partial charge >= 0.3 is 6.18 Å². The highest BCUT2D eigenvalue weighted by Gasteiger charge is 2.38. The molecular formula is C20H16F4N4S. The number of aromatic nitrogens is 2. The first kappa shape index (κ1) is 19.6. The number of halogens is 4. The van der Waals surface area contributed by atoms with Crippen LogP contribution in [0.5, 0.6) is 0 Å². The first-order valence-corrected chi connectivity index (χ1v) is 9.77. The van der Waals surface area contributed by atoms with E-state index in [0.29, 0.717) is 29.1 Å². The van der Waals surface area contributed by atoms with E-state index in [-0.39, 0.29) is 18.0 Å². The molecule has 1 atom stereocenters. The highest BCUT2D eigenvalue weighted by Crippen LogP contribution is 2.42. The first-order chi connectivity index (χ1) is 13.9.